The highest BCUT2D eigenvalue weighted by molar-refractivity contribution is 5.90. The minimum absolute atomic E-state index is 0.0754. The van der Waals surface area contributed by atoms with Crippen LogP contribution < -0.4 is 10.6 Å². The lowest BCUT2D eigenvalue weighted by atomic mass is 9.45. The number of aliphatic hydroxyl groups is 12. The summed E-state index contributed by atoms with van der Waals surface area (Å²) in [6.45, 7) is 14.4. The second-order valence-electron chi connectivity index (χ2n) is 27.7. The van der Waals surface area contributed by atoms with E-state index in [0.29, 0.717) is 24.7 Å². The molecule has 0 radical (unpaired) electrons. The van der Waals surface area contributed by atoms with Crippen molar-refractivity contribution in [3.8, 4) is 0 Å². The predicted molar refractivity (Wildman–Crippen MR) is 303 cm³/mol. The Hall–Kier alpha value is -2.79. The van der Waals surface area contributed by atoms with Crippen molar-refractivity contribution in [3.63, 3.8) is 0 Å². The van der Waals surface area contributed by atoms with Crippen molar-refractivity contribution in [3.05, 3.63) is 22.8 Å². The number of aliphatic hydroxyl groups excluding tert-OH is 12. The summed E-state index contributed by atoms with van der Waals surface area (Å²) in [5, 5.41) is 136. The first-order valence-corrected chi connectivity index (χ1v) is 31.3. The molecule has 4 aliphatic carbocycles. The fourth-order valence-electron chi connectivity index (χ4n) is 16.7. The molecule has 9 aliphatic rings. The van der Waals surface area contributed by atoms with Crippen molar-refractivity contribution >= 4 is 17.6 Å². The van der Waals surface area contributed by atoms with Gasteiger partial charge >= 0.3 is 0 Å². The zero-order valence-electron chi connectivity index (χ0n) is 51.8. The standard InChI is InChI=1S/C61H98N2O25/c1-25(2)18-29(68)19-26(3)31-11-12-32-30-10-13-39-59(6,7)40(15-17-61(39,9)33(30)14-16-60(31,32)8)86-58-53(47(74)38(24-81-58)85-54-41(62-27(4)66)48(75)44(71)35(20-64)82-54)87-55-42(63-28(5)67)49(76)46(73)37(84-55)23-80-57-52(43(70)34(69)22-79-57)88-56-51(78)50(77)45(72)36(21-65)83-56/h18,26,31-32,34-58,64-65,69-78H,10-17,19-24H2,1-9H3,(H,62,66)(H,63,67)/t26-,31?,32?,34-,35-,36-,37-,38-,39?,40+,41-,42-,43+,44+,45-,46-,47+,48-,49?,50+,51-,52-,53-,54+,55+,56+,57+,58+,60-,61-/m1/s1. The molecule has 502 valence electrons. The van der Waals surface area contributed by atoms with Gasteiger partial charge in [-0.2, -0.15) is 0 Å². The minimum Gasteiger partial charge on any atom is -0.394 e. The number of ether oxygens (including phenoxy) is 10. The van der Waals surface area contributed by atoms with Gasteiger partial charge in [-0.25, -0.2) is 0 Å². The summed E-state index contributed by atoms with van der Waals surface area (Å²) in [7, 11) is 0. The van der Waals surface area contributed by atoms with Gasteiger partial charge in [-0.15, -0.1) is 0 Å². The Morgan fingerprint density at radius 3 is 1.80 bits per heavy atom. The fraction of sp³-hybridized carbons (Fsp3) is 0.885. The molecule has 27 nitrogen and oxygen atoms in total. The van der Waals surface area contributed by atoms with E-state index in [1.54, 1.807) is 11.6 Å². The highest BCUT2D eigenvalue weighted by atomic mass is 16.8. The highest BCUT2D eigenvalue weighted by Gasteiger charge is 2.62. The van der Waals surface area contributed by atoms with Gasteiger partial charge in [-0.3, -0.25) is 14.4 Å². The van der Waals surface area contributed by atoms with Gasteiger partial charge in [0.1, 0.15) is 110 Å². The van der Waals surface area contributed by atoms with Crippen LogP contribution in [0.25, 0.3) is 0 Å². The molecule has 5 saturated heterocycles. The summed E-state index contributed by atoms with van der Waals surface area (Å²) < 4.78 is 61.7. The molecular formula is C61H98N2O25. The van der Waals surface area contributed by atoms with Crippen LogP contribution in [0.5, 0.6) is 0 Å². The molecule has 9 rings (SSSR count). The zero-order valence-corrected chi connectivity index (χ0v) is 51.8. The number of rotatable bonds is 19. The molecule has 0 bridgehead atoms. The summed E-state index contributed by atoms with van der Waals surface area (Å²) in [5.41, 5.74) is 3.46. The van der Waals surface area contributed by atoms with E-state index in [4.69, 9.17) is 47.4 Å². The number of carbonyl (C=O) groups excluding carboxylic acids is 3. The summed E-state index contributed by atoms with van der Waals surface area (Å²) in [5.74, 6) is 0.0789. The van der Waals surface area contributed by atoms with Crippen LogP contribution in [0, 0.1) is 39.9 Å². The molecule has 5 aliphatic heterocycles. The van der Waals surface area contributed by atoms with Gasteiger partial charge < -0.3 is 119 Å². The molecule has 5 heterocycles. The van der Waals surface area contributed by atoms with Crippen molar-refractivity contribution in [2.75, 3.05) is 33.0 Å². The van der Waals surface area contributed by atoms with Crippen LogP contribution in [0.15, 0.2) is 22.8 Å². The Balaban J connectivity index is 0.974. The fourth-order valence-corrected chi connectivity index (χ4v) is 16.7. The van der Waals surface area contributed by atoms with Crippen LogP contribution in [0.2, 0.25) is 0 Å². The maximum Gasteiger partial charge on any atom is 0.217 e. The predicted octanol–water partition coefficient (Wildman–Crippen LogP) is -2.05. The number of amides is 2. The maximum atomic E-state index is 13.0. The van der Waals surface area contributed by atoms with Crippen LogP contribution >= 0.6 is 0 Å². The van der Waals surface area contributed by atoms with Gasteiger partial charge in [0.2, 0.25) is 11.8 Å². The number of allylic oxidation sites excluding steroid dienone is 4. The SMILES string of the molecule is CC(=O)N[C@H]1[C@H](O[C@@H]2CO[C@@H](O[C@H]3CC[C@]4(C)C5=C(CCC4C3(C)C)C3CCC([C@H](C)CC(=O)C=C(C)C)[C@@]3(C)CC5)[C@H](O[C@@H]3O[C@H](CO[C@@H]4OC[C@@H](O)[C@H](O)[C@H]4O[C@@H]4O[C@H](CO)[C@@H](O)[C@H](O)[C@H]4O)[C@@H](O)C(O)[C@H]3NC(C)=O)[C@H]2O)O[C@H](CO)[C@H](O)[C@@H]1O. The van der Waals surface area contributed by atoms with Crippen LogP contribution in [-0.2, 0) is 61.8 Å². The Labute approximate surface area is 512 Å². The van der Waals surface area contributed by atoms with E-state index in [1.807, 2.05) is 13.8 Å². The number of fused-ring (bicyclic) bond motifs is 4. The lowest BCUT2D eigenvalue weighted by Gasteiger charge is -2.61. The van der Waals surface area contributed by atoms with Crippen molar-refractivity contribution in [1.29, 1.82) is 0 Å². The number of hydrogen-bond acceptors (Lipinski definition) is 25. The topological polar surface area (TPSA) is 410 Å². The van der Waals surface area contributed by atoms with Gasteiger partial charge in [0.05, 0.1) is 39.1 Å². The molecule has 88 heavy (non-hydrogen) atoms. The number of ketones is 1. The number of carbonyl (C=O) groups is 3. The maximum absolute atomic E-state index is 13.0. The van der Waals surface area contributed by atoms with E-state index >= 15 is 0 Å². The van der Waals surface area contributed by atoms with E-state index in [0.717, 1.165) is 57.4 Å². The quantitative estimate of drug-likeness (QED) is 0.0489. The Morgan fingerprint density at radius 1 is 0.602 bits per heavy atom. The third kappa shape index (κ3) is 13.8. The summed E-state index contributed by atoms with van der Waals surface area (Å²) in [6.07, 6.45) is -26.4. The normalized spacial score (nSPS) is 47.2. The summed E-state index contributed by atoms with van der Waals surface area (Å²) >= 11 is 0. The van der Waals surface area contributed by atoms with Crippen molar-refractivity contribution < 1.29 is 123 Å². The Kier molecular flexibility index (Phi) is 22.2. The van der Waals surface area contributed by atoms with Crippen LogP contribution in [-0.4, -0.2) is 259 Å². The van der Waals surface area contributed by atoms with Gasteiger partial charge in [0, 0.05) is 20.3 Å². The Morgan fingerprint density at radius 2 is 1.17 bits per heavy atom. The van der Waals surface area contributed by atoms with Gasteiger partial charge in [-0.05, 0) is 111 Å². The largest absolute Gasteiger partial charge is 0.394 e. The third-order valence-corrected chi connectivity index (χ3v) is 21.2. The van der Waals surface area contributed by atoms with E-state index in [2.05, 4.69) is 45.3 Å². The number of hydrogen-bond donors (Lipinski definition) is 14. The first-order chi connectivity index (χ1) is 41.4. The second-order valence-corrected chi connectivity index (χ2v) is 27.7. The first kappa shape index (κ1) is 69.5. The minimum atomic E-state index is -1.93. The zero-order chi connectivity index (χ0) is 64.2. The average molecular weight is 1260 g/mol. The van der Waals surface area contributed by atoms with E-state index < -0.39 is 198 Å². The molecule has 27 heteroatoms. The van der Waals surface area contributed by atoms with Gasteiger partial charge in [0.15, 0.2) is 37.2 Å². The molecule has 4 unspecified atom stereocenters. The molecule has 14 N–H and O–H groups in total. The van der Waals surface area contributed by atoms with Gasteiger partial charge in [-0.1, -0.05) is 51.3 Å². The highest BCUT2D eigenvalue weighted by Crippen LogP contribution is 2.68. The molecule has 2 amide bonds. The molecule has 0 spiro atoms. The lowest BCUT2D eigenvalue weighted by Crippen LogP contribution is -2.68. The molecule has 30 atom stereocenters. The van der Waals surface area contributed by atoms with Crippen LogP contribution in [0.4, 0.5) is 0 Å². The summed E-state index contributed by atoms with van der Waals surface area (Å²) in [6, 6.07) is -3.00. The van der Waals surface area contributed by atoms with Crippen molar-refractivity contribution in [2.24, 2.45) is 39.9 Å². The lowest BCUT2D eigenvalue weighted by molar-refractivity contribution is -0.375. The smallest absolute Gasteiger partial charge is 0.217 e. The molecule has 0 aromatic heterocycles. The monoisotopic (exact) mass is 1260 g/mol. The molecule has 7 fully saturated rings. The van der Waals surface area contributed by atoms with Crippen LogP contribution in [0.1, 0.15) is 120 Å². The number of nitrogens with one attached hydrogen (secondary N) is 2. The van der Waals surface area contributed by atoms with E-state index in [-0.39, 0.29) is 28.4 Å². The molecule has 0 aromatic carbocycles. The van der Waals surface area contributed by atoms with Crippen LogP contribution in [0.3, 0.4) is 0 Å². The average Bonchev–Trinajstić information content (AvgIpc) is 1.19. The van der Waals surface area contributed by atoms with E-state index in [1.165, 1.54) is 12.5 Å². The van der Waals surface area contributed by atoms with Crippen molar-refractivity contribution in [1.82, 2.24) is 10.6 Å². The molecular weight excluding hydrogens is 1160 g/mol. The van der Waals surface area contributed by atoms with Crippen molar-refractivity contribution in [2.45, 2.75) is 267 Å². The Bertz CT molecular complexity index is 2480. The first-order valence-electron chi connectivity index (χ1n) is 31.3. The third-order valence-electron chi connectivity index (χ3n) is 21.2. The van der Waals surface area contributed by atoms with E-state index in [9.17, 15) is 75.7 Å². The molecule has 0 aromatic rings. The molecule has 2 saturated carbocycles. The second kappa shape index (κ2) is 28.0. The van der Waals surface area contributed by atoms with Gasteiger partial charge in [0.25, 0.3) is 0 Å². The summed E-state index contributed by atoms with van der Waals surface area (Å²) in [4.78, 5) is 38.4.